The molecule has 2 saturated heterocycles. The SMILES string of the molecule is O=[N+]([O-])c1ccc(N2CC3OCCN(Cc4ccccc4)C3C2)nc1. The van der Waals surface area contributed by atoms with Crippen LogP contribution in [0.25, 0.3) is 0 Å². The Morgan fingerprint density at radius 3 is 2.76 bits per heavy atom. The molecule has 2 aromatic rings. The summed E-state index contributed by atoms with van der Waals surface area (Å²) in [5, 5.41) is 10.8. The third-order valence-electron chi connectivity index (χ3n) is 4.91. The molecule has 3 heterocycles. The number of pyridine rings is 1. The summed E-state index contributed by atoms with van der Waals surface area (Å²) in [7, 11) is 0. The van der Waals surface area contributed by atoms with Gasteiger partial charge >= 0.3 is 0 Å². The molecule has 2 unspecified atom stereocenters. The quantitative estimate of drug-likeness (QED) is 0.627. The lowest BCUT2D eigenvalue weighted by Crippen LogP contribution is -2.50. The number of aromatic nitrogens is 1. The minimum atomic E-state index is -0.425. The van der Waals surface area contributed by atoms with Crippen molar-refractivity contribution in [3.63, 3.8) is 0 Å². The molecule has 1 aromatic carbocycles. The molecule has 130 valence electrons. The van der Waals surface area contributed by atoms with Crippen molar-refractivity contribution < 1.29 is 9.66 Å². The van der Waals surface area contributed by atoms with Crippen LogP contribution in [-0.2, 0) is 11.3 Å². The molecule has 2 aliphatic rings. The standard InChI is InChI=1S/C18H20N4O3/c23-22(24)15-6-7-18(19-10-15)21-12-16-17(13-21)25-9-8-20(16)11-14-4-2-1-3-5-14/h1-7,10,16-17H,8-9,11-13H2. The van der Waals surface area contributed by atoms with E-state index in [0.29, 0.717) is 6.04 Å². The Morgan fingerprint density at radius 2 is 2.04 bits per heavy atom. The first-order valence-corrected chi connectivity index (χ1v) is 8.46. The molecule has 0 saturated carbocycles. The molecule has 0 amide bonds. The molecule has 7 heteroatoms. The van der Waals surface area contributed by atoms with Gasteiger partial charge in [-0.15, -0.1) is 0 Å². The van der Waals surface area contributed by atoms with Gasteiger partial charge in [0, 0.05) is 32.2 Å². The lowest BCUT2D eigenvalue weighted by atomic mass is 10.1. The van der Waals surface area contributed by atoms with E-state index in [2.05, 4.69) is 39.0 Å². The fraction of sp³-hybridized carbons (Fsp3) is 0.389. The molecule has 0 aliphatic carbocycles. The number of rotatable bonds is 4. The number of hydrogen-bond donors (Lipinski definition) is 0. The largest absolute Gasteiger partial charge is 0.373 e. The lowest BCUT2D eigenvalue weighted by Gasteiger charge is -2.36. The first-order valence-electron chi connectivity index (χ1n) is 8.46. The van der Waals surface area contributed by atoms with Gasteiger partial charge in [-0.3, -0.25) is 15.0 Å². The van der Waals surface area contributed by atoms with E-state index in [-0.39, 0.29) is 11.8 Å². The maximum absolute atomic E-state index is 10.8. The first kappa shape index (κ1) is 16.0. The molecular weight excluding hydrogens is 320 g/mol. The number of nitro groups is 1. The molecule has 0 N–H and O–H groups in total. The van der Waals surface area contributed by atoms with Gasteiger partial charge in [-0.2, -0.15) is 0 Å². The number of benzene rings is 1. The minimum Gasteiger partial charge on any atom is -0.373 e. The monoisotopic (exact) mass is 340 g/mol. The van der Waals surface area contributed by atoms with E-state index in [9.17, 15) is 10.1 Å². The average molecular weight is 340 g/mol. The molecule has 2 atom stereocenters. The Kier molecular flexibility index (Phi) is 4.33. The van der Waals surface area contributed by atoms with Crippen LogP contribution in [0.2, 0.25) is 0 Å². The maximum Gasteiger partial charge on any atom is 0.287 e. The lowest BCUT2D eigenvalue weighted by molar-refractivity contribution is -0.385. The van der Waals surface area contributed by atoms with Crippen LogP contribution in [0.4, 0.5) is 11.5 Å². The molecule has 0 bridgehead atoms. The van der Waals surface area contributed by atoms with E-state index in [1.165, 1.54) is 17.8 Å². The van der Waals surface area contributed by atoms with E-state index in [1.807, 2.05) is 6.07 Å². The van der Waals surface area contributed by atoms with Crippen molar-refractivity contribution in [3.8, 4) is 0 Å². The summed E-state index contributed by atoms with van der Waals surface area (Å²) in [5.41, 5.74) is 1.32. The van der Waals surface area contributed by atoms with Crippen LogP contribution in [0, 0.1) is 10.1 Å². The number of fused-ring (bicyclic) bond motifs is 1. The molecule has 7 nitrogen and oxygen atoms in total. The second-order valence-electron chi connectivity index (χ2n) is 6.47. The highest BCUT2D eigenvalue weighted by Gasteiger charge is 2.40. The fourth-order valence-electron chi connectivity index (χ4n) is 3.63. The van der Waals surface area contributed by atoms with E-state index in [4.69, 9.17) is 4.74 Å². The predicted octanol–water partition coefficient (Wildman–Crippen LogP) is 2.08. The summed E-state index contributed by atoms with van der Waals surface area (Å²) >= 11 is 0. The van der Waals surface area contributed by atoms with Crippen LogP contribution < -0.4 is 4.90 Å². The Morgan fingerprint density at radius 1 is 1.20 bits per heavy atom. The summed E-state index contributed by atoms with van der Waals surface area (Å²) in [4.78, 5) is 19.2. The molecule has 2 aliphatic heterocycles. The van der Waals surface area contributed by atoms with Gasteiger partial charge < -0.3 is 9.64 Å². The zero-order valence-electron chi connectivity index (χ0n) is 13.8. The van der Waals surface area contributed by atoms with Gasteiger partial charge in [0.2, 0.25) is 0 Å². The second-order valence-corrected chi connectivity index (χ2v) is 6.47. The van der Waals surface area contributed by atoms with Crippen LogP contribution >= 0.6 is 0 Å². The average Bonchev–Trinajstić information content (AvgIpc) is 3.08. The van der Waals surface area contributed by atoms with Crippen LogP contribution in [0.15, 0.2) is 48.7 Å². The Hall–Kier alpha value is -2.51. The van der Waals surface area contributed by atoms with Crippen molar-refractivity contribution in [2.45, 2.75) is 18.7 Å². The highest BCUT2D eigenvalue weighted by Crippen LogP contribution is 2.28. The Bertz CT molecular complexity index is 738. The molecular formula is C18H20N4O3. The summed E-state index contributed by atoms with van der Waals surface area (Å²) in [5.74, 6) is 0.767. The van der Waals surface area contributed by atoms with Gasteiger partial charge in [0.15, 0.2) is 0 Å². The zero-order chi connectivity index (χ0) is 17.2. The van der Waals surface area contributed by atoms with Gasteiger partial charge in [0.1, 0.15) is 12.0 Å². The zero-order valence-corrected chi connectivity index (χ0v) is 13.8. The summed E-state index contributed by atoms with van der Waals surface area (Å²) in [6, 6.07) is 14.0. The third-order valence-corrected chi connectivity index (χ3v) is 4.91. The van der Waals surface area contributed by atoms with E-state index in [0.717, 1.165) is 38.6 Å². The van der Waals surface area contributed by atoms with Crippen LogP contribution in [0.3, 0.4) is 0 Å². The number of anilines is 1. The van der Waals surface area contributed by atoms with Crippen molar-refractivity contribution in [3.05, 3.63) is 64.3 Å². The van der Waals surface area contributed by atoms with Crippen LogP contribution in [0.5, 0.6) is 0 Å². The van der Waals surface area contributed by atoms with Crippen molar-refractivity contribution >= 4 is 11.5 Å². The van der Waals surface area contributed by atoms with Crippen LogP contribution in [-0.4, -0.2) is 53.2 Å². The summed E-state index contributed by atoms with van der Waals surface area (Å²) < 4.78 is 5.96. The van der Waals surface area contributed by atoms with Gasteiger partial charge in [0.25, 0.3) is 5.69 Å². The van der Waals surface area contributed by atoms with E-state index in [1.54, 1.807) is 6.07 Å². The topological polar surface area (TPSA) is 71.7 Å². The Labute approximate surface area is 146 Å². The fourth-order valence-corrected chi connectivity index (χ4v) is 3.63. The van der Waals surface area contributed by atoms with Crippen molar-refractivity contribution in [2.24, 2.45) is 0 Å². The minimum absolute atomic E-state index is 0.0160. The second kappa shape index (κ2) is 6.78. The summed E-state index contributed by atoms with van der Waals surface area (Å²) in [6.45, 7) is 4.14. The van der Waals surface area contributed by atoms with Gasteiger partial charge in [-0.25, -0.2) is 4.98 Å². The normalized spacial score (nSPS) is 23.4. The molecule has 25 heavy (non-hydrogen) atoms. The smallest absolute Gasteiger partial charge is 0.287 e. The van der Waals surface area contributed by atoms with E-state index < -0.39 is 4.92 Å². The van der Waals surface area contributed by atoms with Gasteiger partial charge in [0.05, 0.1) is 23.7 Å². The van der Waals surface area contributed by atoms with Crippen molar-refractivity contribution in [1.82, 2.24) is 9.88 Å². The highest BCUT2D eigenvalue weighted by molar-refractivity contribution is 5.44. The maximum atomic E-state index is 10.8. The number of morpholine rings is 1. The van der Waals surface area contributed by atoms with Crippen molar-refractivity contribution in [2.75, 3.05) is 31.1 Å². The van der Waals surface area contributed by atoms with Crippen LogP contribution in [0.1, 0.15) is 5.56 Å². The predicted molar refractivity (Wildman–Crippen MR) is 93.5 cm³/mol. The highest BCUT2D eigenvalue weighted by atomic mass is 16.6. The van der Waals surface area contributed by atoms with Gasteiger partial charge in [-0.1, -0.05) is 30.3 Å². The molecule has 4 rings (SSSR count). The van der Waals surface area contributed by atoms with Gasteiger partial charge in [-0.05, 0) is 11.6 Å². The Balaban J connectivity index is 1.47. The molecule has 1 aromatic heterocycles. The molecule has 0 spiro atoms. The first-order chi connectivity index (χ1) is 12.2. The summed E-state index contributed by atoms with van der Waals surface area (Å²) in [6.07, 6.45) is 1.47. The molecule has 0 radical (unpaired) electrons. The number of ether oxygens (including phenoxy) is 1. The van der Waals surface area contributed by atoms with Crippen molar-refractivity contribution in [1.29, 1.82) is 0 Å². The third kappa shape index (κ3) is 3.33. The van der Waals surface area contributed by atoms with E-state index >= 15 is 0 Å². The molecule has 2 fully saturated rings. The number of hydrogen-bond acceptors (Lipinski definition) is 6. The number of nitrogens with zero attached hydrogens (tertiary/aromatic N) is 4.